The van der Waals surface area contributed by atoms with Gasteiger partial charge in [0, 0.05) is 5.56 Å². The molecule has 4 heteroatoms. The van der Waals surface area contributed by atoms with Crippen molar-refractivity contribution in [1.29, 1.82) is 0 Å². The van der Waals surface area contributed by atoms with Gasteiger partial charge in [0.1, 0.15) is 5.75 Å². The van der Waals surface area contributed by atoms with E-state index in [1.807, 2.05) is 6.92 Å². The van der Waals surface area contributed by atoms with Crippen molar-refractivity contribution in [3.05, 3.63) is 48.6 Å². The van der Waals surface area contributed by atoms with Gasteiger partial charge in [0.05, 0.1) is 0 Å². The Morgan fingerprint density at radius 3 is 2.41 bits per heavy atom. The van der Waals surface area contributed by atoms with Crippen LogP contribution in [0.15, 0.2) is 37.4 Å². The summed E-state index contributed by atoms with van der Waals surface area (Å²) in [6.45, 7) is 8.98. The van der Waals surface area contributed by atoms with Gasteiger partial charge in [-0.2, -0.15) is 0 Å². The quantitative estimate of drug-likeness (QED) is 0.705. The van der Waals surface area contributed by atoms with E-state index in [4.69, 9.17) is 0 Å². The maximum atomic E-state index is 12.2. The first-order chi connectivity index (χ1) is 7.89. The van der Waals surface area contributed by atoms with Gasteiger partial charge >= 0.3 is 6.36 Å². The minimum Gasteiger partial charge on any atom is -0.405 e. The van der Waals surface area contributed by atoms with Crippen LogP contribution in [0.2, 0.25) is 0 Å². The van der Waals surface area contributed by atoms with Gasteiger partial charge in [-0.3, -0.25) is 0 Å². The zero-order valence-electron chi connectivity index (χ0n) is 9.42. The summed E-state index contributed by atoms with van der Waals surface area (Å²) in [7, 11) is 0. The largest absolute Gasteiger partial charge is 0.573 e. The molecule has 0 radical (unpaired) electrons. The number of ether oxygens (including phenoxy) is 1. The summed E-state index contributed by atoms with van der Waals surface area (Å²) in [5.74, 6) is -0.307. The van der Waals surface area contributed by atoms with Crippen LogP contribution in [-0.2, 0) is 0 Å². The molecular weight excluding hydrogens is 229 g/mol. The summed E-state index contributed by atoms with van der Waals surface area (Å²) in [5, 5.41) is 0. The molecule has 1 nitrogen and oxygen atoms in total. The first-order valence-corrected chi connectivity index (χ1v) is 5.02. The Balaban J connectivity index is 3.23. The van der Waals surface area contributed by atoms with E-state index in [0.29, 0.717) is 11.1 Å². The molecule has 1 aromatic rings. The molecule has 0 aliphatic rings. The van der Waals surface area contributed by atoms with E-state index >= 15 is 0 Å². The van der Waals surface area contributed by atoms with Crippen LogP contribution in [0.3, 0.4) is 0 Å². The average Bonchev–Trinajstić information content (AvgIpc) is 2.25. The molecule has 0 saturated heterocycles. The van der Waals surface area contributed by atoms with Crippen LogP contribution in [0, 0.1) is 0 Å². The molecule has 0 aliphatic carbocycles. The van der Waals surface area contributed by atoms with Gasteiger partial charge in [0.2, 0.25) is 0 Å². The maximum Gasteiger partial charge on any atom is 0.573 e. The number of hydrogen-bond acceptors (Lipinski definition) is 1. The zero-order chi connectivity index (χ0) is 13.1. The normalized spacial score (nSPS) is 12.9. The fourth-order valence-electron chi connectivity index (χ4n) is 1.52. The Labute approximate surface area is 98.2 Å². The lowest BCUT2D eigenvalue weighted by atomic mass is 9.95. The molecule has 1 unspecified atom stereocenters. The average molecular weight is 242 g/mol. The number of rotatable bonds is 4. The second kappa shape index (κ2) is 5.08. The third-order valence-electron chi connectivity index (χ3n) is 2.37. The van der Waals surface area contributed by atoms with Crippen molar-refractivity contribution in [3.8, 4) is 5.75 Å². The summed E-state index contributed by atoms with van der Waals surface area (Å²) in [4.78, 5) is 0. The highest BCUT2D eigenvalue weighted by molar-refractivity contribution is 5.61. The van der Waals surface area contributed by atoms with Crippen LogP contribution in [0.4, 0.5) is 13.2 Å². The number of allylic oxidation sites excluding steroid dienone is 1. The Kier molecular flexibility index (Phi) is 3.99. The standard InChI is InChI=1S/C13H13F3O/c1-4-9(3)11-7-6-8-12(10(11)5-2)17-13(14,15)16/h4-9H,1-2H2,3H3. The minimum atomic E-state index is -4.70. The van der Waals surface area contributed by atoms with E-state index in [-0.39, 0.29) is 11.7 Å². The van der Waals surface area contributed by atoms with E-state index < -0.39 is 6.36 Å². The zero-order valence-corrected chi connectivity index (χ0v) is 9.42. The lowest BCUT2D eigenvalue weighted by Gasteiger charge is -2.16. The number of hydrogen-bond donors (Lipinski definition) is 0. The molecule has 0 bridgehead atoms. The topological polar surface area (TPSA) is 9.23 Å². The number of halogens is 3. The minimum absolute atomic E-state index is 0.0696. The van der Waals surface area contributed by atoms with Gasteiger partial charge in [-0.25, -0.2) is 0 Å². The van der Waals surface area contributed by atoms with Crippen LogP contribution in [0.1, 0.15) is 24.0 Å². The third kappa shape index (κ3) is 3.37. The number of alkyl halides is 3. The van der Waals surface area contributed by atoms with E-state index in [1.165, 1.54) is 18.2 Å². The molecule has 0 N–H and O–H groups in total. The van der Waals surface area contributed by atoms with Gasteiger partial charge < -0.3 is 4.74 Å². The Bertz CT molecular complexity index is 421. The van der Waals surface area contributed by atoms with Gasteiger partial charge in [-0.1, -0.05) is 37.8 Å². The maximum absolute atomic E-state index is 12.2. The van der Waals surface area contributed by atoms with Crippen molar-refractivity contribution in [1.82, 2.24) is 0 Å². The molecular formula is C13H13F3O. The molecule has 17 heavy (non-hydrogen) atoms. The lowest BCUT2D eigenvalue weighted by Crippen LogP contribution is -2.18. The van der Waals surface area contributed by atoms with Crippen molar-refractivity contribution in [2.45, 2.75) is 19.2 Å². The second-order valence-electron chi connectivity index (χ2n) is 3.54. The van der Waals surface area contributed by atoms with Crippen LogP contribution in [0.5, 0.6) is 5.75 Å². The molecule has 0 aliphatic heterocycles. The van der Waals surface area contributed by atoms with Crippen molar-refractivity contribution < 1.29 is 17.9 Å². The second-order valence-corrected chi connectivity index (χ2v) is 3.54. The van der Waals surface area contributed by atoms with Crippen LogP contribution < -0.4 is 4.74 Å². The fourth-order valence-corrected chi connectivity index (χ4v) is 1.52. The molecule has 1 atom stereocenters. The predicted molar refractivity (Wildman–Crippen MR) is 61.8 cm³/mol. The molecule has 0 spiro atoms. The van der Waals surface area contributed by atoms with Crippen molar-refractivity contribution in [2.24, 2.45) is 0 Å². The molecule has 0 saturated carbocycles. The lowest BCUT2D eigenvalue weighted by molar-refractivity contribution is -0.274. The van der Waals surface area contributed by atoms with Crippen molar-refractivity contribution in [3.63, 3.8) is 0 Å². The van der Waals surface area contributed by atoms with Gasteiger partial charge in [-0.15, -0.1) is 19.8 Å². The summed E-state index contributed by atoms with van der Waals surface area (Å²) in [6.07, 6.45) is -1.69. The van der Waals surface area contributed by atoms with Crippen LogP contribution in [-0.4, -0.2) is 6.36 Å². The Morgan fingerprint density at radius 1 is 1.29 bits per heavy atom. The van der Waals surface area contributed by atoms with Crippen LogP contribution in [0.25, 0.3) is 6.08 Å². The predicted octanol–water partition coefficient (Wildman–Crippen LogP) is 4.52. The Hall–Kier alpha value is -1.71. The van der Waals surface area contributed by atoms with E-state index in [9.17, 15) is 13.2 Å². The van der Waals surface area contributed by atoms with Gasteiger partial charge in [-0.05, 0) is 17.5 Å². The molecule has 0 amide bonds. The van der Waals surface area contributed by atoms with E-state index in [0.717, 1.165) is 0 Å². The third-order valence-corrected chi connectivity index (χ3v) is 2.37. The van der Waals surface area contributed by atoms with Crippen LogP contribution >= 0.6 is 0 Å². The van der Waals surface area contributed by atoms with Crippen molar-refractivity contribution in [2.75, 3.05) is 0 Å². The molecule has 1 aromatic carbocycles. The van der Waals surface area contributed by atoms with Gasteiger partial charge in [0.15, 0.2) is 0 Å². The highest BCUT2D eigenvalue weighted by Gasteiger charge is 2.32. The smallest absolute Gasteiger partial charge is 0.405 e. The number of benzene rings is 1. The Morgan fingerprint density at radius 2 is 1.94 bits per heavy atom. The highest BCUT2D eigenvalue weighted by atomic mass is 19.4. The SMILES string of the molecule is C=Cc1c(OC(F)(F)F)cccc1C(C)C=C. The molecule has 1 rings (SSSR count). The first-order valence-electron chi connectivity index (χ1n) is 5.02. The van der Waals surface area contributed by atoms with Gasteiger partial charge in [0.25, 0.3) is 0 Å². The summed E-state index contributed by atoms with van der Waals surface area (Å²) < 4.78 is 40.5. The summed E-state index contributed by atoms with van der Waals surface area (Å²) >= 11 is 0. The molecule has 0 heterocycles. The van der Waals surface area contributed by atoms with E-state index in [1.54, 1.807) is 12.1 Å². The fraction of sp³-hybridized carbons (Fsp3) is 0.231. The monoisotopic (exact) mass is 242 g/mol. The highest BCUT2D eigenvalue weighted by Crippen LogP contribution is 2.32. The van der Waals surface area contributed by atoms with Crippen molar-refractivity contribution >= 4 is 6.08 Å². The summed E-state index contributed by atoms with van der Waals surface area (Å²) in [5.41, 5.74) is 1.05. The molecule has 0 aromatic heterocycles. The molecule has 92 valence electrons. The molecule has 0 fully saturated rings. The first kappa shape index (κ1) is 13.4. The summed E-state index contributed by atoms with van der Waals surface area (Å²) in [6, 6.07) is 4.51. The van der Waals surface area contributed by atoms with E-state index in [2.05, 4.69) is 17.9 Å².